The molecule has 2 rings (SSSR count). The summed E-state index contributed by atoms with van der Waals surface area (Å²) in [5.41, 5.74) is 0. The smallest absolute Gasteiger partial charge is 0.397 e. The van der Waals surface area contributed by atoms with E-state index in [1.807, 2.05) is 52.0 Å². The molecule has 4 atom stereocenters. The van der Waals surface area contributed by atoms with Crippen molar-refractivity contribution in [3.8, 4) is 5.75 Å². The first-order valence-electron chi connectivity index (χ1n) is 12.8. The fourth-order valence-corrected chi connectivity index (χ4v) is 6.68. The number of β-lactam (4-membered cyclic amide) rings is 1. The van der Waals surface area contributed by atoms with E-state index < -0.39 is 44.2 Å². The number of imide groups is 1. The summed E-state index contributed by atoms with van der Waals surface area (Å²) >= 11 is 7.17. The SMILES string of the molecule is C=CCOC(=O)C(=O)N1C(=O)[C@H]([C@@H](C)O[Si](C)(C)C(C)(C)C)[C@H]1[C@@H](C)C(=S)Sc1ccc(OC(C)C)cc1. The van der Waals surface area contributed by atoms with Crippen LogP contribution < -0.4 is 4.74 Å². The second-order valence-electron chi connectivity index (χ2n) is 11.3. The third-order valence-corrected chi connectivity index (χ3v) is 13.3. The number of thiocarbonyl (C=S) groups is 1. The lowest BCUT2D eigenvalue weighted by Gasteiger charge is -2.51. The molecule has 1 heterocycles. The van der Waals surface area contributed by atoms with E-state index in [0.29, 0.717) is 4.20 Å². The number of hydrogen-bond donors (Lipinski definition) is 0. The van der Waals surface area contributed by atoms with Gasteiger partial charge in [0.15, 0.2) is 8.32 Å². The van der Waals surface area contributed by atoms with E-state index in [0.717, 1.165) is 15.5 Å². The molecule has 1 fully saturated rings. The van der Waals surface area contributed by atoms with Gasteiger partial charge in [0, 0.05) is 10.8 Å². The molecule has 1 aromatic rings. The zero-order chi connectivity index (χ0) is 29.0. The Bertz CT molecular complexity index is 1050. The fourth-order valence-electron chi connectivity index (χ4n) is 4.00. The van der Waals surface area contributed by atoms with Gasteiger partial charge < -0.3 is 13.9 Å². The van der Waals surface area contributed by atoms with Crippen LogP contribution in [0.4, 0.5) is 0 Å². The van der Waals surface area contributed by atoms with Gasteiger partial charge in [0.25, 0.3) is 0 Å². The second kappa shape index (κ2) is 12.9. The van der Waals surface area contributed by atoms with Gasteiger partial charge in [0.1, 0.15) is 12.4 Å². The van der Waals surface area contributed by atoms with Crippen molar-refractivity contribution in [2.24, 2.45) is 11.8 Å². The average Bonchev–Trinajstić information content (AvgIpc) is 2.80. The summed E-state index contributed by atoms with van der Waals surface area (Å²) in [5, 5.41) is -0.0598. The van der Waals surface area contributed by atoms with Crippen LogP contribution in [0.1, 0.15) is 48.5 Å². The van der Waals surface area contributed by atoms with E-state index >= 15 is 0 Å². The van der Waals surface area contributed by atoms with Crippen molar-refractivity contribution in [2.45, 2.75) is 89.7 Å². The number of esters is 1. The number of nitrogens with zero attached hydrogens (tertiary/aromatic N) is 1. The van der Waals surface area contributed by atoms with Crippen LogP contribution in [-0.2, 0) is 23.5 Å². The summed E-state index contributed by atoms with van der Waals surface area (Å²) in [7, 11) is -2.21. The zero-order valence-corrected chi connectivity index (χ0v) is 26.5. The maximum absolute atomic E-state index is 13.3. The summed E-state index contributed by atoms with van der Waals surface area (Å²) in [6, 6.07) is 6.97. The minimum Gasteiger partial charge on any atom is -0.491 e. The molecule has 0 unspecified atom stereocenters. The first-order chi connectivity index (χ1) is 17.5. The summed E-state index contributed by atoms with van der Waals surface area (Å²) in [6.45, 7) is 21.7. The lowest BCUT2D eigenvalue weighted by Crippen LogP contribution is -2.70. The van der Waals surface area contributed by atoms with E-state index in [9.17, 15) is 14.4 Å². The van der Waals surface area contributed by atoms with Gasteiger partial charge in [-0.2, -0.15) is 0 Å². The van der Waals surface area contributed by atoms with Crippen molar-refractivity contribution in [1.82, 2.24) is 4.90 Å². The highest BCUT2D eigenvalue weighted by Gasteiger charge is 2.58. The molecule has 7 nitrogen and oxygen atoms in total. The summed E-state index contributed by atoms with van der Waals surface area (Å²) in [6.07, 6.45) is 0.981. The molecule has 38 heavy (non-hydrogen) atoms. The average molecular weight is 580 g/mol. The maximum atomic E-state index is 13.3. The number of rotatable bonds is 10. The quantitative estimate of drug-likeness (QED) is 0.0633. The molecular weight excluding hydrogens is 539 g/mol. The van der Waals surface area contributed by atoms with Crippen molar-refractivity contribution < 1.29 is 28.3 Å². The standard InChI is InChI=1S/C28H41NO6S2Si/c1-11-16-33-26(32)25(31)29-23(22(24(29)30)19(5)35-38(9,10)28(6,7)8)18(4)27(36)37-21-14-12-20(13-15-21)34-17(2)3/h11-15,17-19,22-23H,1,16H2,2-10H3/t18-,19-,22-,23-/m1/s1. The van der Waals surface area contributed by atoms with Crippen molar-refractivity contribution >= 4 is 54.3 Å². The van der Waals surface area contributed by atoms with Crippen LogP contribution in [0.25, 0.3) is 0 Å². The van der Waals surface area contributed by atoms with Crippen LogP contribution in [-0.4, -0.2) is 60.1 Å². The largest absolute Gasteiger partial charge is 0.491 e. The van der Waals surface area contributed by atoms with E-state index in [2.05, 4.69) is 40.4 Å². The molecule has 2 amide bonds. The van der Waals surface area contributed by atoms with Crippen molar-refractivity contribution in [2.75, 3.05) is 6.61 Å². The van der Waals surface area contributed by atoms with Gasteiger partial charge in [-0.25, -0.2) is 4.79 Å². The van der Waals surface area contributed by atoms with Crippen LogP contribution in [0.5, 0.6) is 5.75 Å². The molecule has 210 valence electrons. The molecule has 0 spiro atoms. The minimum absolute atomic E-state index is 0.0598. The molecular formula is C28H41NO6S2Si. The molecule has 0 aliphatic carbocycles. The topological polar surface area (TPSA) is 82.1 Å². The zero-order valence-electron chi connectivity index (χ0n) is 23.9. The third-order valence-electron chi connectivity index (χ3n) is 7.00. The Labute approximate surface area is 237 Å². The number of thioether (sulfide) groups is 1. The van der Waals surface area contributed by atoms with Gasteiger partial charge in [-0.3, -0.25) is 14.5 Å². The number of hydrogen-bond acceptors (Lipinski definition) is 8. The number of carbonyl (C=O) groups excluding carboxylic acids is 3. The predicted molar refractivity (Wildman–Crippen MR) is 158 cm³/mol. The second-order valence-corrected chi connectivity index (χ2v) is 17.9. The molecule has 1 aromatic carbocycles. The van der Waals surface area contributed by atoms with Gasteiger partial charge in [-0.1, -0.05) is 64.3 Å². The van der Waals surface area contributed by atoms with Gasteiger partial charge in [-0.15, -0.1) is 0 Å². The van der Waals surface area contributed by atoms with Gasteiger partial charge >= 0.3 is 11.9 Å². The lowest BCUT2D eigenvalue weighted by molar-refractivity contribution is -0.180. The van der Waals surface area contributed by atoms with Crippen LogP contribution in [0, 0.1) is 11.8 Å². The predicted octanol–water partition coefficient (Wildman–Crippen LogP) is 6.02. The summed E-state index contributed by atoms with van der Waals surface area (Å²) in [4.78, 5) is 40.6. The van der Waals surface area contributed by atoms with Crippen molar-refractivity contribution in [3.05, 3.63) is 36.9 Å². The Hall–Kier alpha value is -2.01. The number of amides is 2. The van der Waals surface area contributed by atoms with Crippen LogP contribution in [0.15, 0.2) is 41.8 Å². The molecule has 0 aromatic heterocycles. The first-order valence-corrected chi connectivity index (χ1v) is 17.0. The molecule has 1 aliphatic rings. The molecule has 10 heteroatoms. The highest BCUT2D eigenvalue weighted by atomic mass is 32.2. The number of carbonyl (C=O) groups is 3. The lowest BCUT2D eigenvalue weighted by atomic mass is 9.77. The van der Waals surface area contributed by atoms with Crippen LogP contribution in [0.3, 0.4) is 0 Å². The number of likely N-dealkylation sites (tertiary alicyclic amines) is 1. The Kier molecular flexibility index (Phi) is 10.9. The molecule has 0 radical (unpaired) electrons. The van der Waals surface area contributed by atoms with Crippen LogP contribution >= 0.6 is 24.0 Å². The fraction of sp³-hybridized carbons (Fsp3) is 0.571. The van der Waals surface area contributed by atoms with Crippen molar-refractivity contribution in [3.63, 3.8) is 0 Å². The highest BCUT2D eigenvalue weighted by Crippen LogP contribution is 2.43. The van der Waals surface area contributed by atoms with Gasteiger partial charge in [0.2, 0.25) is 5.91 Å². The molecule has 1 aliphatic heterocycles. The van der Waals surface area contributed by atoms with E-state index in [1.165, 1.54) is 17.8 Å². The van der Waals surface area contributed by atoms with Gasteiger partial charge in [0.05, 0.1) is 28.4 Å². The summed E-state index contributed by atoms with van der Waals surface area (Å²) < 4.78 is 17.8. The van der Waals surface area contributed by atoms with E-state index in [1.54, 1.807) is 0 Å². The van der Waals surface area contributed by atoms with E-state index in [-0.39, 0.29) is 23.7 Å². The molecule has 1 saturated heterocycles. The Morgan fingerprint density at radius 1 is 1.16 bits per heavy atom. The Balaban J connectivity index is 2.30. The minimum atomic E-state index is -2.21. The molecule has 0 N–H and O–H groups in total. The van der Waals surface area contributed by atoms with E-state index in [4.69, 9.17) is 26.1 Å². The molecule has 0 saturated carbocycles. The number of ether oxygens (including phenoxy) is 2. The summed E-state index contributed by atoms with van der Waals surface area (Å²) in [5.74, 6) is -2.77. The first kappa shape index (κ1) is 32.2. The normalized spacial score (nSPS) is 19.4. The Morgan fingerprint density at radius 3 is 2.24 bits per heavy atom. The van der Waals surface area contributed by atoms with Crippen LogP contribution in [0.2, 0.25) is 18.1 Å². The van der Waals surface area contributed by atoms with Gasteiger partial charge in [-0.05, 0) is 63.2 Å². The number of benzene rings is 1. The maximum Gasteiger partial charge on any atom is 0.397 e. The van der Waals surface area contributed by atoms with Crippen molar-refractivity contribution in [1.29, 1.82) is 0 Å². The third kappa shape index (κ3) is 7.55. The molecule has 0 bridgehead atoms. The monoisotopic (exact) mass is 579 g/mol. The Morgan fingerprint density at radius 2 is 1.74 bits per heavy atom. The highest BCUT2D eigenvalue weighted by molar-refractivity contribution is 8.23.